The van der Waals surface area contributed by atoms with Crippen LogP contribution in [0.3, 0.4) is 0 Å². The number of ether oxygens (including phenoxy) is 2. The Labute approximate surface area is 153 Å². The number of anilines is 1. The molecule has 0 spiro atoms. The molecule has 26 heavy (non-hydrogen) atoms. The highest BCUT2D eigenvalue weighted by molar-refractivity contribution is 6.30. The van der Waals surface area contributed by atoms with Gasteiger partial charge in [-0.3, -0.25) is 4.79 Å². The number of carbonyl (C=O) groups is 2. The molecule has 0 radical (unpaired) electrons. The average molecular weight is 384 g/mol. The van der Waals surface area contributed by atoms with Crippen LogP contribution in [-0.2, 0) is 14.3 Å². The van der Waals surface area contributed by atoms with E-state index in [9.17, 15) is 18.4 Å². The molecule has 0 aliphatic rings. The molecule has 0 fully saturated rings. The maximum Gasteiger partial charge on any atom is 0.350 e. The first-order valence-corrected chi connectivity index (χ1v) is 7.92. The third-order valence-corrected chi connectivity index (χ3v) is 3.47. The molecule has 138 valence electrons. The highest BCUT2D eigenvalue weighted by Crippen LogP contribution is 2.22. The van der Waals surface area contributed by atoms with Crippen molar-refractivity contribution in [1.82, 2.24) is 0 Å². The lowest BCUT2D eigenvalue weighted by Crippen LogP contribution is -2.41. The number of nitrogens with one attached hydrogen (secondary N) is 1. The van der Waals surface area contributed by atoms with E-state index in [4.69, 9.17) is 21.1 Å². The van der Waals surface area contributed by atoms with E-state index in [1.54, 1.807) is 24.3 Å². The molecule has 0 saturated carbocycles. The summed E-state index contributed by atoms with van der Waals surface area (Å²) in [6.07, 6.45) is 0. The Morgan fingerprint density at radius 1 is 1.12 bits per heavy atom. The Hall–Kier alpha value is -2.67. The van der Waals surface area contributed by atoms with Crippen molar-refractivity contribution < 1.29 is 27.8 Å². The van der Waals surface area contributed by atoms with Gasteiger partial charge in [0, 0.05) is 11.1 Å². The van der Waals surface area contributed by atoms with Crippen LogP contribution in [0.25, 0.3) is 0 Å². The van der Waals surface area contributed by atoms with Gasteiger partial charge in [-0.25, -0.2) is 13.6 Å². The van der Waals surface area contributed by atoms with Gasteiger partial charge >= 0.3 is 5.97 Å². The fourth-order valence-electron chi connectivity index (χ4n) is 1.92. The zero-order chi connectivity index (χ0) is 19.3. The van der Waals surface area contributed by atoms with Crippen molar-refractivity contribution in [3.05, 3.63) is 59.1 Å². The zero-order valence-electron chi connectivity index (χ0n) is 14.0. The highest BCUT2D eigenvalue weighted by atomic mass is 35.5. The second-order valence-corrected chi connectivity index (χ2v) is 6.25. The molecule has 0 aliphatic carbocycles. The SMILES string of the molecule is CC(C)(Oc1ccc(Cl)cc1)C(=O)OCC(=O)Nc1cc(F)ccc1F. The van der Waals surface area contributed by atoms with Crippen LogP contribution in [-0.4, -0.2) is 24.1 Å². The van der Waals surface area contributed by atoms with Crippen molar-refractivity contribution in [2.45, 2.75) is 19.4 Å². The lowest BCUT2D eigenvalue weighted by Gasteiger charge is -2.24. The van der Waals surface area contributed by atoms with Crippen LogP contribution >= 0.6 is 11.6 Å². The molecule has 0 unspecified atom stereocenters. The largest absolute Gasteiger partial charge is 0.476 e. The summed E-state index contributed by atoms with van der Waals surface area (Å²) in [5.74, 6) is -2.75. The topological polar surface area (TPSA) is 64.6 Å². The lowest BCUT2D eigenvalue weighted by atomic mass is 10.1. The molecule has 0 atom stereocenters. The number of rotatable bonds is 6. The van der Waals surface area contributed by atoms with E-state index < -0.39 is 35.7 Å². The molecule has 8 heteroatoms. The van der Waals surface area contributed by atoms with E-state index in [0.29, 0.717) is 10.8 Å². The van der Waals surface area contributed by atoms with E-state index >= 15 is 0 Å². The minimum Gasteiger partial charge on any atom is -0.476 e. The Balaban J connectivity index is 1.90. The van der Waals surface area contributed by atoms with Crippen LogP contribution in [0.1, 0.15) is 13.8 Å². The van der Waals surface area contributed by atoms with Gasteiger partial charge in [0.25, 0.3) is 5.91 Å². The molecule has 0 saturated heterocycles. The number of carbonyl (C=O) groups excluding carboxylic acids is 2. The maximum atomic E-state index is 13.5. The van der Waals surface area contributed by atoms with Crippen molar-refractivity contribution in [2.75, 3.05) is 11.9 Å². The monoisotopic (exact) mass is 383 g/mol. The van der Waals surface area contributed by atoms with Gasteiger partial charge in [-0.15, -0.1) is 0 Å². The van der Waals surface area contributed by atoms with E-state index in [-0.39, 0.29) is 5.69 Å². The summed E-state index contributed by atoms with van der Waals surface area (Å²) in [4.78, 5) is 23.9. The van der Waals surface area contributed by atoms with Crippen LogP contribution in [0.4, 0.5) is 14.5 Å². The van der Waals surface area contributed by atoms with Gasteiger partial charge in [0.15, 0.2) is 12.2 Å². The van der Waals surface area contributed by atoms with Crippen LogP contribution < -0.4 is 10.1 Å². The first-order valence-electron chi connectivity index (χ1n) is 7.54. The Morgan fingerprint density at radius 3 is 2.42 bits per heavy atom. The molecule has 5 nitrogen and oxygen atoms in total. The van der Waals surface area contributed by atoms with Gasteiger partial charge < -0.3 is 14.8 Å². The summed E-state index contributed by atoms with van der Waals surface area (Å²) >= 11 is 5.78. The lowest BCUT2D eigenvalue weighted by molar-refractivity contribution is -0.161. The number of benzene rings is 2. The summed E-state index contributed by atoms with van der Waals surface area (Å²) < 4.78 is 37.0. The molecule has 0 aromatic heterocycles. The molecule has 0 heterocycles. The van der Waals surface area contributed by atoms with E-state index in [1.165, 1.54) is 13.8 Å². The third kappa shape index (κ3) is 5.42. The second kappa shape index (κ2) is 8.14. The Bertz CT molecular complexity index is 809. The number of amides is 1. The first kappa shape index (κ1) is 19.7. The molecule has 2 aromatic rings. The summed E-state index contributed by atoms with van der Waals surface area (Å²) in [6, 6.07) is 8.97. The zero-order valence-corrected chi connectivity index (χ0v) is 14.8. The molecule has 1 amide bonds. The Morgan fingerprint density at radius 2 is 1.77 bits per heavy atom. The molecule has 0 aliphatic heterocycles. The van der Waals surface area contributed by atoms with Crippen LogP contribution in [0, 0.1) is 11.6 Å². The smallest absolute Gasteiger partial charge is 0.350 e. The van der Waals surface area contributed by atoms with Gasteiger partial charge in [0.2, 0.25) is 0 Å². The van der Waals surface area contributed by atoms with Gasteiger partial charge in [-0.1, -0.05) is 11.6 Å². The molecule has 2 aromatic carbocycles. The second-order valence-electron chi connectivity index (χ2n) is 5.81. The minimum absolute atomic E-state index is 0.345. The van der Waals surface area contributed by atoms with Crippen LogP contribution in [0.2, 0.25) is 5.02 Å². The fourth-order valence-corrected chi connectivity index (χ4v) is 2.05. The van der Waals surface area contributed by atoms with Gasteiger partial charge in [0.1, 0.15) is 17.4 Å². The number of hydrogen-bond donors (Lipinski definition) is 1. The van der Waals surface area contributed by atoms with E-state index in [1.807, 2.05) is 0 Å². The quantitative estimate of drug-likeness (QED) is 0.767. The maximum absolute atomic E-state index is 13.5. The fraction of sp³-hybridized carbons (Fsp3) is 0.222. The number of esters is 1. The molecular weight excluding hydrogens is 368 g/mol. The van der Waals surface area contributed by atoms with Gasteiger partial charge in [-0.2, -0.15) is 0 Å². The molecule has 2 rings (SSSR count). The van der Waals surface area contributed by atoms with Gasteiger partial charge in [-0.05, 0) is 50.2 Å². The van der Waals surface area contributed by atoms with E-state index in [2.05, 4.69) is 5.32 Å². The summed E-state index contributed by atoms with van der Waals surface area (Å²) in [7, 11) is 0. The van der Waals surface area contributed by atoms with Crippen LogP contribution in [0.5, 0.6) is 5.75 Å². The molecular formula is C18H16ClF2NO4. The molecule has 0 bridgehead atoms. The Kier molecular flexibility index (Phi) is 6.15. The van der Waals surface area contributed by atoms with Gasteiger partial charge in [0.05, 0.1) is 5.69 Å². The first-order chi connectivity index (χ1) is 12.2. The molecule has 1 N–H and O–H groups in total. The summed E-state index contributed by atoms with van der Waals surface area (Å²) in [5, 5.41) is 2.64. The minimum atomic E-state index is -1.38. The predicted molar refractivity (Wildman–Crippen MR) is 92.1 cm³/mol. The average Bonchev–Trinajstić information content (AvgIpc) is 2.58. The normalized spacial score (nSPS) is 11.0. The van der Waals surface area contributed by atoms with Crippen molar-refractivity contribution in [3.8, 4) is 5.75 Å². The van der Waals surface area contributed by atoms with Crippen LogP contribution in [0.15, 0.2) is 42.5 Å². The van der Waals surface area contributed by atoms with E-state index in [0.717, 1.165) is 18.2 Å². The van der Waals surface area contributed by atoms with Crippen molar-refractivity contribution >= 4 is 29.2 Å². The summed E-state index contributed by atoms with van der Waals surface area (Å²) in [6.45, 7) is 2.25. The third-order valence-electron chi connectivity index (χ3n) is 3.22. The van der Waals surface area contributed by atoms with Crippen molar-refractivity contribution in [1.29, 1.82) is 0 Å². The number of hydrogen-bond acceptors (Lipinski definition) is 4. The highest BCUT2D eigenvalue weighted by Gasteiger charge is 2.32. The predicted octanol–water partition coefficient (Wildman–Crippen LogP) is 3.96. The van der Waals surface area contributed by atoms with Crippen molar-refractivity contribution in [2.24, 2.45) is 0 Å². The van der Waals surface area contributed by atoms with Crippen molar-refractivity contribution in [3.63, 3.8) is 0 Å². The standard InChI is InChI=1S/C18H16ClF2NO4/c1-18(2,26-13-6-3-11(19)4-7-13)17(24)25-10-16(23)22-15-9-12(20)5-8-14(15)21/h3-9H,10H2,1-2H3,(H,22,23). The summed E-state index contributed by atoms with van der Waals surface area (Å²) in [5.41, 5.74) is -1.72. The number of halogens is 3.